The first-order chi connectivity index (χ1) is 7.61. The number of aromatic nitrogens is 3. The van der Waals surface area contributed by atoms with Gasteiger partial charge in [-0.15, -0.1) is 0 Å². The lowest BCUT2D eigenvalue weighted by molar-refractivity contribution is -0.0462. The monoisotopic (exact) mass is 232 g/mol. The van der Waals surface area contributed by atoms with Gasteiger partial charge in [-0.1, -0.05) is 0 Å². The molecule has 0 aromatic carbocycles. The first kappa shape index (κ1) is 11.0. The number of aliphatic hydroxyl groups excluding tert-OH is 2. The van der Waals surface area contributed by atoms with E-state index in [2.05, 4.69) is 9.97 Å². The van der Waals surface area contributed by atoms with Gasteiger partial charge in [-0.3, -0.25) is 4.57 Å². The Hall–Kier alpha value is -1.51. The SMILES string of the molecule is [15NH2]c1[15n]c[15n]([C@H]2C[C@@H](O)[C@@H](CO)O2)c(=O)[15n]1. The zero-order valence-corrected chi connectivity index (χ0v) is 8.35. The maximum Gasteiger partial charge on any atom is 0.354 e. The molecule has 0 aliphatic carbocycles. The summed E-state index contributed by atoms with van der Waals surface area (Å²) in [6.07, 6.45) is -0.741. The van der Waals surface area contributed by atoms with E-state index in [-0.39, 0.29) is 19.0 Å². The molecule has 1 fully saturated rings. The molecule has 1 aromatic rings. The summed E-state index contributed by atoms with van der Waals surface area (Å²) in [4.78, 5) is 18.5. The Morgan fingerprint density at radius 1 is 1.69 bits per heavy atom. The third-order valence-electron chi connectivity index (χ3n) is 2.44. The van der Waals surface area contributed by atoms with Crippen LogP contribution in [0, 0.1) is 0 Å². The highest BCUT2D eigenvalue weighted by Gasteiger charge is 2.35. The molecule has 0 saturated carbocycles. The predicted molar refractivity (Wildman–Crippen MR) is 52.3 cm³/mol. The van der Waals surface area contributed by atoms with Gasteiger partial charge in [-0.05, 0) is 0 Å². The normalized spacial score (nSPS) is 29.5. The minimum atomic E-state index is -0.806. The van der Waals surface area contributed by atoms with Crippen LogP contribution in [0.4, 0.5) is 5.95 Å². The molecule has 88 valence electrons. The number of ether oxygens (including phenoxy) is 1. The fourth-order valence-electron chi connectivity index (χ4n) is 1.60. The van der Waals surface area contributed by atoms with Gasteiger partial charge in [0.1, 0.15) is 18.7 Å². The van der Waals surface area contributed by atoms with Crippen LogP contribution in [-0.2, 0) is 4.74 Å². The smallest absolute Gasteiger partial charge is 0.354 e. The minimum absolute atomic E-state index is 0.112. The van der Waals surface area contributed by atoms with Crippen LogP contribution in [0.1, 0.15) is 12.6 Å². The number of nitrogen functional groups attached to an aromatic ring is 1. The van der Waals surface area contributed by atoms with Crippen molar-refractivity contribution in [2.75, 3.05) is 12.3 Å². The van der Waals surface area contributed by atoms with E-state index in [1.165, 1.54) is 6.33 Å². The average molecular weight is 232 g/mol. The highest BCUT2D eigenvalue weighted by molar-refractivity contribution is 5.09. The Morgan fingerprint density at radius 2 is 2.44 bits per heavy atom. The van der Waals surface area contributed by atoms with E-state index in [1.807, 2.05) is 0 Å². The molecule has 0 amide bonds. The van der Waals surface area contributed by atoms with Crippen molar-refractivity contribution in [3.8, 4) is 0 Å². The highest BCUT2D eigenvalue weighted by Crippen LogP contribution is 2.26. The summed E-state index contributed by atoms with van der Waals surface area (Å²) in [7, 11) is 0. The van der Waals surface area contributed by atoms with Gasteiger partial charge in [0, 0.05) is 6.42 Å². The van der Waals surface area contributed by atoms with Crippen molar-refractivity contribution in [2.45, 2.75) is 24.9 Å². The molecule has 1 saturated heterocycles. The zero-order valence-electron chi connectivity index (χ0n) is 8.35. The van der Waals surface area contributed by atoms with Crippen LogP contribution < -0.4 is 11.4 Å². The summed E-state index contributed by atoms with van der Waals surface area (Å²) in [5.41, 5.74) is 4.65. The molecule has 2 heterocycles. The molecule has 2 rings (SSSR count). The second-order valence-electron chi connectivity index (χ2n) is 3.52. The van der Waals surface area contributed by atoms with E-state index in [1.54, 1.807) is 0 Å². The molecule has 0 radical (unpaired) electrons. The summed E-state index contributed by atoms with van der Waals surface area (Å²) in [5.74, 6) is -0.112. The fraction of sp³-hybridized carbons (Fsp3) is 0.625. The molecule has 16 heavy (non-hydrogen) atoms. The average Bonchev–Trinajstić information content (AvgIpc) is 2.59. The maximum atomic E-state index is 11.4. The summed E-state index contributed by atoms with van der Waals surface area (Å²) in [6, 6.07) is 0. The quantitative estimate of drug-likeness (QED) is 0.497. The molecule has 1 aromatic heterocycles. The first-order valence-electron chi connectivity index (χ1n) is 4.77. The van der Waals surface area contributed by atoms with E-state index in [4.69, 9.17) is 15.6 Å². The predicted octanol–water partition coefficient (Wildman–Crippen LogP) is -2.14. The Morgan fingerprint density at radius 3 is 3.00 bits per heavy atom. The maximum absolute atomic E-state index is 11.4. The molecule has 1 aliphatic heterocycles. The van der Waals surface area contributed by atoms with Crippen molar-refractivity contribution in [3.05, 3.63) is 16.8 Å². The van der Waals surface area contributed by atoms with Crippen LogP contribution in [0.5, 0.6) is 0 Å². The van der Waals surface area contributed by atoms with Gasteiger partial charge in [0.05, 0.1) is 12.7 Å². The highest BCUT2D eigenvalue weighted by atomic mass is 16.6. The van der Waals surface area contributed by atoms with Crippen molar-refractivity contribution in [2.24, 2.45) is 0 Å². The molecule has 0 spiro atoms. The van der Waals surface area contributed by atoms with Crippen LogP contribution in [-0.4, -0.2) is 43.6 Å². The third-order valence-corrected chi connectivity index (χ3v) is 2.44. The van der Waals surface area contributed by atoms with Crippen LogP contribution in [0.2, 0.25) is 0 Å². The molecule has 0 unspecified atom stereocenters. The second kappa shape index (κ2) is 4.16. The summed E-state index contributed by atoms with van der Waals surface area (Å²) in [5, 5.41) is 18.4. The lowest BCUT2D eigenvalue weighted by atomic mass is 10.2. The molecule has 3 atom stereocenters. The Bertz CT molecular complexity index is 434. The largest absolute Gasteiger partial charge is 0.394 e. The molecule has 8 nitrogen and oxygen atoms in total. The van der Waals surface area contributed by atoms with Gasteiger partial charge in [0.25, 0.3) is 0 Å². The first-order valence-corrected chi connectivity index (χ1v) is 4.77. The van der Waals surface area contributed by atoms with Gasteiger partial charge in [-0.2, -0.15) is 4.98 Å². The van der Waals surface area contributed by atoms with Gasteiger partial charge >= 0.3 is 5.69 Å². The standard InChI is InChI=1S/C8H12N4O4/c9-7-10-3-12(8(15)11-7)6-1-4(14)5(2-13)16-6/h3-6,13-14H,1-2H2,(H2,9,11,15)/t4-,5-,6-/m1/s1/i9+1,10+1,11+1,12+1. The van der Waals surface area contributed by atoms with Gasteiger partial charge < -0.3 is 20.7 Å². The van der Waals surface area contributed by atoms with Crippen molar-refractivity contribution >= 4 is 5.95 Å². The van der Waals surface area contributed by atoms with Crippen molar-refractivity contribution < 1.29 is 14.9 Å². The number of hydrogen-bond donors (Lipinski definition) is 3. The Kier molecular flexibility index (Phi) is 2.86. The zero-order chi connectivity index (χ0) is 11.7. The minimum Gasteiger partial charge on any atom is -0.394 e. The molecule has 8 heteroatoms. The van der Waals surface area contributed by atoms with Gasteiger partial charge in [-0.25, -0.2) is 9.78 Å². The van der Waals surface area contributed by atoms with Crippen LogP contribution in [0.3, 0.4) is 0 Å². The number of nitrogens with zero attached hydrogens (tertiary/aromatic N) is 3. The van der Waals surface area contributed by atoms with Crippen molar-refractivity contribution in [1.29, 1.82) is 0 Å². The summed E-state index contributed by atoms with van der Waals surface area (Å²) < 4.78 is 6.41. The third kappa shape index (κ3) is 1.90. The lowest BCUT2D eigenvalue weighted by Gasteiger charge is -2.13. The van der Waals surface area contributed by atoms with E-state index in [0.29, 0.717) is 0 Å². The van der Waals surface area contributed by atoms with Crippen LogP contribution in [0.15, 0.2) is 11.1 Å². The lowest BCUT2D eigenvalue weighted by Crippen LogP contribution is -2.28. The number of rotatable bonds is 2. The van der Waals surface area contributed by atoms with E-state index >= 15 is 0 Å². The van der Waals surface area contributed by atoms with E-state index < -0.39 is 24.1 Å². The van der Waals surface area contributed by atoms with Crippen LogP contribution in [0.25, 0.3) is 0 Å². The number of hydrogen-bond acceptors (Lipinski definition) is 7. The molecule has 0 bridgehead atoms. The Labute approximate surface area is 90.3 Å². The second-order valence-corrected chi connectivity index (χ2v) is 3.52. The molecule has 1 aliphatic rings. The summed E-state index contributed by atoms with van der Waals surface area (Å²) >= 11 is 0. The van der Waals surface area contributed by atoms with E-state index in [9.17, 15) is 9.90 Å². The van der Waals surface area contributed by atoms with Gasteiger partial charge in [0.15, 0.2) is 0 Å². The van der Waals surface area contributed by atoms with Crippen LogP contribution >= 0.6 is 0 Å². The topological polar surface area (TPSA) is 123 Å². The number of aliphatic hydroxyl groups is 2. The fourth-order valence-corrected chi connectivity index (χ4v) is 1.60. The summed E-state index contributed by atoms with van der Waals surface area (Å²) in [6.45, 7) is -0.303. The number of anilines is 1. The van der Waals surface area contributed by atoms with E-state index in [0.717, 1.165) is 4.57 Å². The number of nitrogens with two attached hydrogens (primary N) is 1. The molecule has 4 N–H and O–H groups in total. The molecular formula is C8H12N4O4. The molecular weight excluding hydrogens is 220 g/mol. The van der Waals surface area contributed by atoms with Gasteiger partial charge in [0.2, 0.25) is 5.95 Å². The van der Waals surface area contributed by atoms with Crippen molar-refractivity contribution in [1.82, 2.24) is 14.5 Å². The van der Waals surface area contributed by atoms with Crippen molar-refractivity contribution in [3.63, 3.8) is 0 Å². The Balaban J connectivity index is 2.23.